The highest BCUT2D eigenvalue weighted by atomic mass is 19.1. The molecule has 1 aliphatic heterocycles. The normalized spacial score (nSPS) is 14.5. The number of nitro benzene ring substituents is 1. The third-order valence-electron chi connectivity index (χ3n) is 4.92. The second-order valence-corrected chi connectivity index (χ2v) is 6.67. The Bertz CT molecular complexity index is 913. The van der Waals surface area contributed by atoms with E-state index in [0.717, 1.165) is 5.56 Å². The molecule has 1 amide bonds. The van der Waals surface area contributed by atoms with Crippen molar-refractivity contribution in [1.82, 2.24) is 9.80 Å². The molecule has 0 unspecified atom stereocenters. The number of hydrogen-bond acceptors (Lipinski definition) is 6. The van der Waals surface area contributed by atoms with Gasteiger partial charge in [0.15, 0.2) is 0 Å². The molecule has 2 aromatic carbocycles. The first-order valence-electron chi connectivity index (χ1n) is 9.09. The molecule has 0 aliphatic carbocycles. The average Bonchev–Trinajstić information content (AvgIpc) is 2.73. The molecule has 0 saturated carbocycles. The SMILES string of the molecule is COc1ccc(F)cc1CN1CCN(C(=O)c2cc([N+](=O)[O-])ccc2OC)CC1. The second kappa shape index (κ2) is 8.87. The van der Waals surface area contributed by atoms with Crippen LogP contribution in [0.15, 0.2) is 36.4 Å². The minimum Gasteiger partial charge on any atom is -0.496 e. The number of halogens is 1. The Balaban J connectivity index is 1.68. The molecule has 1 fully saturated rings. The number of carbonyl (C=O) groups is 1. The molecule has 2 aromatic rings. The van der Waals surface area contributed by atoms with Gasteiger partial charge in [0.05, 0.1) is 24.7 Å². The third-order valence-corrected chi connectivity index (χ3v) is 4.92. The van der Waals surface area contributed by atoms with Crippen molar-refractivity contribution in [3.05, 3.63) is 63.5 Å². The molecule has 0 radical (unpaired) electrons. The average molecular weight is 403 g/mol. The first-order valence-corrected chi connectivity index (χ1v) is 9.09. The lowest BCUT2D eigenvalue weighted by atomic mass is 10.1. The van der Waals surface area contributed by atoms with E-state index in [0.29, 0.717) is 44.2 Å². The Kier molecular flexibility index (Phi) is 6.28. The lowest BCUT2D eigenvalue weighted by Crippen LogP contribution is -2.48. The van der Waals surface area contributed by atoms with Gasteiger partial charge in [-0.25, -0.2) is 4.39 Å². The van der Waals surface area contributed by atoms with Gasteiger partial charge in [-0.15, -0.1) is 0 Å². The standard InChI is InChI=1S/C20H22FN3O5/c1-28-18-5-3-15(21)11-14(18)13-22-7-9-23(10-8-22)20(25)17-12-16(24(26)27)4-6-19(17)29-2/h3-6,11-12H,7-10,13H2,1-2H3. The molecule has 1 heterocycles. The van der Waals surface area contributed by atoms with Crippen LogP contribution < -0.4 is 9.47 Å². The first-order chi connectivity index (χ1) is 13.9. The van der Waals surface area contributed by atoms with Crippen LogP contribution in [0.3, 0.4) is 0 Å². The summed E-state index contributed by atoms with van der Waals surface area (Å²) in [5.74, 6) is 0.277. The smallest absolute Gasteiger partial charge is 0.270 e. The highest BCUT2D eigenvalue weighted by Crippen LogP contribution is 2.26. The van der Waals surface area contributed by atoms with Gasteiger partial charge in [-0.05, 0) is 24.3 Å². The first kappa shape index (κ1) is 20.5. The lowest BCUT2D eigenvalue weighted by Gasteiger charge is -2.35. The number of nitro groups is 1. The molecule has 1 saturated heterocycles. The van der Waals surface area contributed by atoms with Crippen LogP contribution in [0.4, 0.5) is 10.1 Å². The summed E-state index contributed by atoms with van der Waals surface area (Å²) >= 11 is 0. The van der Waals surface area contributed by atoms with E-state index >= 15 is 0 Å². The van der Waals surface area contributed by atoms with Gasteiger partial charge in [0, 0.05) is 50.4 Å². The summed E-state index contributed by atoms with van der Waals surface area (Å²) in [7, 11) is 2.96. The molecular formula is C20H22FN3O5. The number of hydrogen-bond donors (Lipinski definition) is 0. The van der Waals surface area contributed by atoms with Gasteiger partial charge in [-0.3, -0.25) is 19.8 Å². The molecule has 9 heteroatoms. The van der Waals surface area contributed by atoms with Crippen molar-refractivity contribution in [2.45, 2.75) is 6.54 Å². The van der Waals surface area contributed by atoms with Crippen molar-refractivity contribution >= 4 is 11.6 Å². The Morgan fingerprint density at radius 3 is 2.34 bits per heavy atom. The maximum atomic E-state index is 13.6. The van der Waals surface area contributed by atoms with Gasteiger partial charge < -0.3 is 14.4 Å². The number of carbonyl (C=O) groups excluding carboxylic acids is 1. The molecule has 0 bridgehead atoms. The number of amides is 1. The summed E-state index contributed by atoms with van der Waals surface area (Å²) in [6, 6.07) is 8.37. The summed E-state index contributed by atoms with van der Waals surface area (Å²) in [6.07, 6.45) is 0. The summed E-state index contributed by atoms with van der Waals surface area (Å²) in [4.78, 5) is 27.1. The van der Waals surface area contributed by atoms with Crippen molar-refractivity contribution in [2.24, 2.45) is 0 Å². The predicted molar refractivity (Wildman–Crippen MR) is 104 cm³/mol. The maximum Gasteiger partial charge on any atom is 0.270 e. The minimum absolute atomic E-state index is 0.161. The van der Waals surface area contributed by atoms with Gasteiger partial charge in [0.25, 0.3) is 11.6 Å². The Morgan fingerprint density at radius 2 is 1.72 bits per heavy atom. The number of non-ortho nitro benzene ring substituents is 1. The largest absolute Gasteiger partial charge is 0.496 e. The molecule has 0 spiro atoms. The molecular weight excluding hydrogens is 381 g/mol. The molecule has 8 nitrogen and oxygen atoms in total. The third kappa shape index (κ3) is 4.62. The summed E-state index contributed by atoms with van der Waals surface area (Å²) in [5.41, 5.74) is 0.751. The van der Waals surface area contributed by atoms with E-state index in [1.54, 1.807) is 18.1 Å². The van der Waals surface area contributed by atoms with E-state index in [-0.39, 0.29) is 23.0 Å². The van der Waals surface area contributed by atoms with Crippen LogP contribution in [0, 0.1) is 15.9 Å². The quantitative estimate of drug-likeness (QED) is 0.545. The zero-order valence-corrected chi connectivity index (χ0v) is 16.3. The summed E-state index contributed by atoms with van der Waals surface area (Å²) in [5, 5.41) is 11.0. The van der Waals surface area contributed by atoms with E-state index in [9.17, 15) is 19.3 Å². The highest BCUT2D eigenvalue weighted by Gasteiger charge is 2.26. The van der Waals surface area contributed by atoms with Crippen LogP contribution in [0.25, 0.3) is 0 Å². The number of methoxy groups -OCH3 is 2. The Hall–Kier alpha value is -3.20. The van der Waals surface area contributed by atoms with Gasteiger partial charge in [0.2, 0.25) is 0 Å². The molecule has 0 N–H and O–H groups in total. The minimum atomic E-state index is -0.541. The van der Waals surface area contributed by atoms with Crippen molar-refractivity contribution < 1.29 is 23.6 Å². The van der Waals surface area contributed by atoms with Crippen molar-refractivity contribution in [2.75, 3.05) is 40.4 Å². The monoisotopic (exact) mass is 403 g/mol. The van der Waals surface area contributed by atoms with Crippen LogP contribution in [0.5, 0.6) is 11.5 Å². The Labute approximate surface area is 167 Å². The number of benzene rings is 2. The van der Waals surface area contributed by atoms with Crippen LogP contribution in [0.2, 0.25) is 0 Å². The molecule has 29 heavy (non-hydrogen) atoms. The topological polar surface area (TPSA) is 85.2 Å². The molecule has 0 aromatic heterocycles. The second-order valence-electron chi connectivity index (χ2n) is 6.67. The van der Waals surface area contributed by atoms with Crippen LogP contribution in [-0.4, -0.2) is 61.0 Å². The summed E-state index contributed by atoms with van der Waals surface area (Å²) in [6.45, 7) is 2.57. The van der Waals surface area contributed by atoms with Gasteiger partial charge in [0.1, 0.15) is 17.3 Å². The molecule has 154 valence electrons. The molecule has 3 rings (SSSR count). The van der Waals surface area contributed by atoms with E-state index in [2.05, 4.69) is 4.90 Å². The zero-order chi connectivity index (χ0) is 21.0. The van der Waals surface area contributed by atoms with Crippen LogP contribution in [0.1, 0.15) is 15.9 Å². The van der Waals surface area contributed by atoms with Crippen LogP contribution >= 0.6 is 0 Å². The van der Waals surface area contributed by atoms with Gasteiger partial charge in [-0.2, -0.15) is 0 Å². The number of ether oxygens (including phenoxy) is 2. The van der Waals surface area contributed by atoms with E-state index in [1.165, 1.54) is 37.4 Å². The van der Waals surface area contributed by atoms with E-state index < -0.39 is 4.92 Å². The molecule has 0 atom stereocenters. The number of rotatable bonds is 6. The Morgan fingerprint density at radius 1 is 1.07 bits per heavy atom. The highest BCUT2D eigenvalue weighted by molar-refractivity contribution is 5.97. The van der Waals surface area contributed by atoms with E-state index in [4.69, 9.17) is 9.47 Å². The fraction of sp³-hybridized carbons (Fsp3) is 0.350. The van der Waals surface area contributed by atoms with Gasteiger partial charge in [-0.1, -0.05) is 0 Å². The lowest BCUT2D eigenvalue weighted by molar-refractivity contribution is -0.384. The predicted octanol–water partition coefficient (Wildman–Crippen LogP) is 2.71. The molecule has 1 aliphatic rings. The van der Waals surface area contributed by atoms with Gasteiger partial charge >= 0.3 is 0 Å². The van der Waals surface area contributed by atoms with Crippen molar-refractivity contribution in [3.63, 3.8) is 0 Å². The van der Waals surface area contributed by atoms with Crippen LogP contribution in [-0.2, 0) is 6.54 Å². The van der Waals surface area contributed by atoms with Crippen molar-refractivity contribution in [1.29, 1.82) is 0 Å². The number of piperazine rings is 1. The maximum absolute atomic E-state index is 13.6. The van der Waals surface area contributed by atoms with E-state index in [1.807, 2.05) is 0 Å². The summed E-state index contributed by atoms with van der Waals surface area (Å²) < 4.78 is 24.1. The fourth-order valence-corrected chi connectivity index (χ4v) is 3.37. The van der Waals surface area contributed by atoms with Crippen molar-refractivity contribution in [3.8, 4) is 11.5 Å². The number of nitrogens with zero attached hydrogens (tertiary/aromatic N) is 3. The fourth-order valence-electron chi connectivity index (χ4n) is 3.37. The zero-order valence-electron chi connectivity index (χ0n) is 16.3.